The minimum atomic E-state index is -0.410. The number of amides is 1. The second kappa shape index (κ2) is 7.75. The van der Waals surface area contributed by atoms with Crippen LogP contribution < -0.4 is 5.32 Å². The number of hydrogen-bond acceptors (Lipinski definition) is 3. The van der Waals surface area contributed by atoms with Gasteiger partial charge in [-0.15, -0.1) is 0 Å². The number of carbonyl (C=O) groups is 1. The van der Waals surface area contributed by atoms with Gasteiger partial charge in [0.05, 0.1) is 24.4 Å². The van der Waals surface area contributed by atoms with Crippen molar-refractivity contribution in [2.45, 2.75) is 39.3 Å². The molecule has 0 aliphatic carbocycles. The number of unbranched alkanes of at least 4 members (excludes halogenated alkanes) is 1. The molecule has 2 rings (SSSR count). The van der Waals surface area contributed by atoms with Crippen LogP contribution in [-0.4, -0.2) is 27.4 Å². The van der Waals surface area contributed by atoms with E-state index in [1.165, 1.54) is 0 Å². The largest absolute Gasteiger partial charge is 0.394 e. The molecule has 0 aliphatic rings. The standard InChI is InChI=1S/C17H23N3O2/c1-3-4-10-20-13(2)15(11-18-20)17(22)19-16(12-21)14-8-6-5-7-9-14/h5-9,11,16,21H,3-4,10,12H2,1-2H3,(H,19,22). The molecular formula is C17H23N3O2. The van der Waals surface area contributed by atoms with Crippen molar-refractivity contribution in [3.05, 3.63) is 53.3 Å². The Bertz CT molecular complexity index is 608. The lowest BCUT2D eigenvalue weighted by atomic mass is 10.1. The molecule has 5 nitrogen and oxygen atoms in total. The van der Waals surface area contributed by atoms with E-state index in [1.807, 2.05) is 41.9 Å². The normalized spacial score (nSPS) is 12.1. The molecule has 0 radical (unpaired) electrons. The molecule has 1 unspecified atom stereocenters. The topological polar surface area (TPSA) is 67.2 Å². The van der Waals surface area contributed by atoms with Gasteiger partial charge in [-0.2, -0.15) is 5.10 Å². The third-order valence-corrected chi connectivity index (χ3v) is 3.76. The zero-order chi connectivity index (χ0) is 15.9. The van der Waals surface area contributed by atoms with Gasteiger partial charge in [-0.25, -0.2) is 0 Å². The first-order valence-corrected chi connectivity index (χ1v) is 7.66. The monoisotopic (exact) mass is 301 g/mol. The van der Waals surface area contributed by atoms with Crippen molar-refractivity contribution in [3.8, 4) is 0 Å². The van der Waals surface area contributed by atoms with Crippen molar-refractivity contribution in [2.24, 2.45) is 0 Å². The summed E-state index contributed by atoms with van der Waals surface area (Å²) in [5.41, 5.74) is 2.30. The van der Waals surface area contributed by atoms with Crippen LogP contribution in [0, 0.1) is 6.92 Å². The summed E-state index contributed by atoms with van der Waals surface area (Å²) in [4.78, 5) is 12.4. The van der Waals surface area contributed by atoms with Crippen LogP contribution in [0.1, 0.15) is 47.4 Å². The number of aliphatic hydroxyl groups excluding tert-OH is 1. The Labute approximate surface area is 131 Å². The van der Waals surface area contributed by atoms with Crippen LogP contribution in [0.4, 0.5) is 0 Å². The third kappa shape index (κ3) is 3.74. The highest BCUT2D eigenvalue weighted by Gasteiger charge is 2.18. The Morgan fingerprint density at radius 2 is 2.09 bits per heavy atom. The number of aryl methyl sites for hydroxylation is 1. The summed E-state index contributed by atoms with van der Waals surface area (Å²) in [5.74, 6) is -0.205. The number of aromatic nitrogens is 2. The molecule has 118 valence electrons. The molecule has 1 atom stereocenters. The summed E-state index contributed by atoms with van der Waals surface area (Å²) in [6.07, 6.45) is 3.72. The molecule has 0 spiro atoms. The number of aliphatic hydroxyl groups is 1. The van der Waals surface area contributed by atoms with E-state index in [2.05, 4.69) is 17.3 Å². The predicted octanol–water partition coefficient (Wildman–Crippen LogP) is 2.46. The molecule has 0 saturated heterocycles. The Kier molecular flexibility index (Phi) is 5.72. The molecule has 2 N–H and O–H groups in total. The summed E-state index contributed by atoms with van der Waals surface area (Å²) in [7, 11) is 0. The molecule has 1 aromatic carbocycles. The lowest BCUT2D eigenvalue weighted by molar-refractivity contribution is 0.0915. The highest BCUT2D eigenvalue weighted by atomic mass is 16.3. The predicted molar refractivity (Wildman–Crippen MR) is 85.6 cm³/mol. The van der Waals surface area contributed by atoms with Crippen molar-refractivity contribution >= 4 is 5.91 Å². The maximum Gasteiger partial charge on any atom is 0.255 e. The van der Waals surface area contributed by atoms with E-state index in [-0.39, 0.29) is 12.5 Å². The lowest BCUT2D eigenvalue weighted by Gasteiger charge is -2.16. The van der Waals surface area contributed by atoms with Gasteiger partial charge >= 0.3 is 0 Å². The first-order chi connectivity index (χ1) is 10.7. The SMILES string of the molecule is CCCCn1ncc(C(=O)NC(CO)c2ccccc2)c1C. The van der Waals surface area contributed by atoms with Crippen LogP contribution in [0.15, 0.2) is 36.5 Å². The summed E-state index contributed by atoms with van der Waals surface area (Å²) in [6.45, 7) is 4.70. The maximum atomic E-state index is 12.4. The van der Waals surface area contributed by atoms with Crippen LogP contribution in [0.3, 0.4) is 0 Å². The van der Waals surface area contributed by atoms with Gasteiger partial charge in [0.2, 0.25) is 0 Å². The molecule has 1 heterocycles. The van der Waals surface area contributed by atoms with E-state index in [0.29, 0.717) is 5.56 Å². The average Bonchev–Trinajstić information content (AvgIpc) is 2.92. The third-order valence-electron chi connectivity index (χ3n) is 3.76. The van der Waals surface area contributed by atoms with Crippen molar-refractivity contribution in [1.82, 2.24) is 15.1 Å². The summed E-state index contributed by atoms with van der Waals surface area (Å²) >= 11 is 0. The van der Waals surface area contributed by atoms with Gasteiger partial charge in [0.1, 0.15) is 0 Å². The van der Waals surface area contributed by atoms with Gasteiger partial charge in [0.25, 0.3) is 5.91 Å². The first-order valence-electron chi connectivity index (χ1n) is 7.66. The second-order valence-electron chi connectivity index (χ2n) is 5.34. The van der Waals surface area contributed by atoms with E-state index in [1.54, 1.807) is 6.20 Å². The zero-order valence-electron chi connectivity index (χ0n) is 13.1. The zero-order valence-corrected chi connectivity index (χ0v) is 13.1. The Morgan fingerprint density at radius 1 is 1.36 bits per heavy atom. The van der Waals surface area contributed by atoms with E-state index in [9.17, 15) is 9.90 Å². The molecule has 0 fully saturated rings. The van der Waals surface area contributed by atoms with E-state index < -0.39 is 6.04 Å². The van der Waals surface area contributed by atoms with Crippen LogP contribution in [0.25, 0.3) is 0 Å². The van der Waals surface area contributed by atoms with Gasteiger partial charge < -0.3 is 10.4 Å². The summed E-state index contributed by atoms with van der Waals surface area (Å²) in [6, 6.07) is 9.04. The minimum Gasteiger partial charge on any atom is -0.394 e. The molecule has 2 aromatic rings. The van der Waals surface area contributed by atoms with Crippen molar-refractivity contribution < 1.29 is 9.90 Å². The number of rotatable bonds is 7. The van der Waals surface area contributed by atoms with E-state index in [4.69, 9.17) is 0 Å². The van der Waals surface area contributed by atoms with Crippen molar-refractivity contribution in [2.75, 3.05) is 6.61 Å². The second-order valence-corrected chi connectivity index (χ2v) is 5.34. The highest BCUT2D eigenvalue weighted by molar-refractivity contribution is 5.95. The molecule has 1 aromatic heterocycles. The van der Waals surface area contributed by atoms with Crippen molar-refractivity contribution in [3.63, 3.8) is 0 Å². The number of hydrogen-bond donors (Lipinski definition) is 2. The molecular weight excluding hydrogens is 278 g/mol. The number of nitrogens with zero attached hydrogens (tertiary/aromatic N) is 2. The Hall–Kier alpha value is -2.14. The fraction of sp³-hybridized carbons (Fsp3) is 0.412. The molecule has 0 bridgehead atoms. The van der Waals surface area contributed by atoms with Crippen LogP contribution >= 0.6 is 0 Å². The fourth-order valence-electron chi connectivity index (χ4n) is 2.36. The van der Waals surface area contributed by atoms with E-state index in [0.717, 1.165) is 30.6 Å². The number of carbonyl (C=O) groups excluding carboxylic acids is 1. The smallest absolute Gasteiger partial charge is 0.255 e. The summed E-state index contributed by atoms with van der Waals surface area (Å²) in [5, 5.41) is 16.7. The maximum absolute atomic E-state index is 12.4. The number of benzene rings is 1. The molecule has 22 heavy (non-hydrogen) atoms. The van der Waals surface area contributed by atoms with Gasteiger partial charge in [-0.1, -0.05) is 43.7 Å². The van der Waals surface area contributed by atoms with Crippen molar-refractivity contribution in [1.29, 1.82) is 0 Å². The van der Waals surface area contributed by atoms with Gasteiger partial charge in [0.15, 0.2) is 0 Å². The molecule has 0 aliphatic heterocycles. The fourth-order valence-corrected chi connectivity index (χ4v) is 2.36. The van der Waals surface area contributed by atoms with E-state index >= 15 is 0 Å². The van der Waals surface area contributed by atoms with Crippen LogP contribution in [0.2, 0.25) is 0 Å². The highest BCUT2D eigenvalue weighted by Crippen LogP contribution is 2.14. The first kappa shape index (κ1) is 16.2. The van der Waals surface area contributed by atoms with Gasteiger partial charge in [-0.3, -0.25) is 9.48 Å². The molecule has 0 saturated carbocycles. The van der Waals surface area contributed by atoms with Gasteiger partial charge in [-0.05, 0) is 18.9 Å². The minimum absolute atomic E-state index is 0.140. The molecule has 1 amide bonds. The quantitative estimate of drug-likeness (QED) is 0.825. The number of nitrogens with one attached hydrogen (secondary N) is 1. The summed E-state index contributed by atoms with van der Waals surface area (Å²) < 4.78 is 1.86. The Morgan fingerprint density at radius 3 is 2.73 bits per heavy atom. The van der Waals surface area contributed by atoms with Crippen LogP contribution in [-0.2, 0) is 6.54 Å². The molecule has 5 heteroatoms. The lowest BCUT2D eigenvalue weighted by Crippen LogP contribution is -2.31. The Balaban J connectivity index is 2.10. The van der Waals surface area contributed by atoms with Crippen LogP contribution in [0.5, 0.6) is 0 Å². The average molecular weight is 301 g/mol. The van der Waals surface area contributed by atoms with Gasteiger partial charge in [0, 0.05) is 12.2 Å².